The lowest BCUT2D eigenvalue weighted by atomic mass is 10.0. The monoisotopic (exact) mass is 487 g/mol. The van der Waals surface area contributed by atoms with Crippen LogP contribution in [0.5, 0.6) is 0 Å². The van der Waals surface area contributed by atoms with Crippen molar-refractivity contribution >= 4 is 28.1 Å². The number of carbonyl (C=O) groups is 1. The molecular formula is C24H33N5O4S. The number of nitrogens with one attached hydrogen (secondary N) is 2. The average Bonchev–Trinajstić information content (AvgIpc) is 3.60. The maximum absolute atomic E-state index is 12.1. The standard InChI is InChI=1S/C24H33N5O4S/c1-14-13-33-12-11-29(14)22-19-15(2)34(31,32)24(3,4)20(19)27-21(28-22)16-5-7-17(8-6-16)25-23(30)26-18-9-10-18/h5-8,14-15,18,31-32H,9-13H2,1-4H3,(H2,25,26,30). The molecular weight excluding hydrogens is 454 g/mol. The van der Waals surface area contributed by atoms with E-state index in [1.807, 2.05) is 45.0 Å². The third-order valence-corrected chi connectivity index (χ3v) is 10.0. The van der Waals surface area contributed by atoms with Crippen LogP contribution >= 0.6 is 10.6 Å². The average molecular weight is 488 g/mol. The summed E-state index contributed by atoms with van der Waals surface area (Å²) < 4.78 is 27.0. The molecule has 9 nitrogen and oxygen atoms in total. The number of hydrogen-bond donors (Lipinski definition) is 4. The molecule has 1 aromatic heterocycles. The second-order valence-electron chi connectivity index (χ2n) is 9.95. The highest BCUT2D eigenvalue weighted by Crippen LogP contribution is 2.73. The van der Waals surface area contributed by atoms with Crippen LogP contribution in [0.25, 0.3) is 11.4 Å². The van der Waals surface area contributed by atoms with Crippen molar-refractivity contribution in [1.29, 1.82) is 0 Å². The molecule has 2 aliphatic heterocycles. The summed E-state index contributed by atoms with van der Waals surface area (Å²) in [5.74, 6) is 1.28. The maximum Gasteiger partial charge on any atom is 0.319 e. The summed E-state index contributed by atoms with van der Waals surface area (Å²) in [7, 11) is -2.98. The highest BCUT2D eigenvalue weighted by Gasteiger charge is 2.52. The number of hydrogen-bond acceptors (Lipinski definition) is 7. The van der Waals surface area contributed by atoms with Crippen molar-refractivity contribution in [3.63, 3.8) is 0 Å². The fourth-order valence-corrected chi connectivity index (χ4v) is 6.58. The molecule has 0 spiro atoms. The van der Waals surface area contributed by atoms with Gasteiger partial charge >= 0.3 is 6.03 Å². The number of fused-ring (bicyclic) bond motifs is 1. The topological polar surface area (TPSA) is 120 Å². The summed E-state index contributed by atoms with van der Waals surface area (Å²) in [5.41, 5.74) is 2.99. The lowest BCUT2D eigenvalue weighted by Crippen LogP contribution is -2.44. The van der Waals surface area contributed by atoms with Gasteiger partial charge in [0.1, 0.15) is 5.82 Å². The number of ether oxygens (including phenoxy) is 1. The number of anilines is 2. The molecule has 4 N–H and O–H groups in total. The molecule has 184 valence electrons. The van der Waals surface area contributed by atoms with Crippen LogP contribution in [0, 0.1) is 0 Å². The Morgan fingerprint density at radius 2 is 1.88 bits per heavy atom. The van der Waals surface area contributed by atoms with Gasteiger partial charge in [-0.15, -0.1) is 0 Å². The minimum absolute atomic E-state index is 0.106. The van der Waals surface area contributed by atoms with Gasteiger partial charge in [0.25, 0.3) is 0 Å². The number of morpholine rings is 1. The maximum atomic E-state index is 12.1. The number of rotatable bonds is 4. The van der Waals surface area contributed by atoms with Crippen LogP contribution in [0.2, 0.25) is 0 Å². The Morgan fingerprint density at radius 1 is 1.18 bits per heavy atom. The number of aromatic nitrogens is 2. The lowest BCUT2D eigenvalue weighted by Gasteiger charge is -2.43. The second-order valence-corrected chi connectivity index (χ2v) is 12.9. The first-order chi connectivity index (χ1) is 16.1. The van der Waals surface area contributed by atoms with Crippen LogP contribution in [0.15, 0.2) is 24.3 Å². The molecule has 2 fully saturated rings. The Kier molecular flexibility index (Phi) is 5.75. The summed E-state index contributed by atoms with van der Waals surface area (Å²) in [6.07, 6.45) is 2.07. The first-order valence-electron chi connectivity index (χ1n) is 11.8. The highest BCUT2D eigenvalue weighted by molar-refractivity contribution is 8.25. The Hall–Kier alpha value is -2.40. The smallest absolute Gasteiger partial charge is 0.319 e. The van der Waals surface area contributed by atoms with Gasteiger partial charge in [0.2, 0.25) is 0 Å². The summed E-state index contributed by atoms with van der Waals surface area (Å²) in [4.78, 5) is 24.1. The number of nitrogens with zero attached hydrogens (tertiary/aromatic N) is 3. The minimum Gasteiger partial charge on any atom is -0.377 e. The Labute approximate surface area is 201 Å². The Morgan fingerprint density at radius 3 is 2.53 bits per heavy atom. The molecule has 0 radical (unpaired) electrons. The number of carbonyl (C=O) groups excluding carboxylic acids is 1. The largest absolute Gasteiger partial charge is 0.377 e. The van der Waals surface area contributed by atoms with Gasteiger partial charge in [0, 0.05) is 29.4 Å². The molecule has 2 aromatic rings. The predicted molar refractivity (Wildman–Crippen MR) is 135 cm³/mol. The summed E-state index contributed by atoms with van der Waals surface area (Å²) in [6, 6.07) is 7.61. The van der Waals surface area contributed by atoms with Gasteiger partial charge < -0.3 is 20.3 Å². The van der Waals surface area contributed by atoms with Gasteiger partial charge in [-0.25, -0.2) is 14.8 Å². The van der Waals surface area contributed by atoms with Gasteiger partial charge in [-0.2, -0.15) is 10.6 Å². The fraction of sp³-hybridized carbons (Fsp3) is 0.542. The number of amides is 2. The van der Waals surface area contributed by atoms with E-state index in [2.05, 4.69) is 22.5 Å². The van der Waals surface area contributed by atoms with Crippen molar-refractivity contribution in [1.82, 2.24) is 15.3 Å². The van der Waals surface area contributed by atoms with Crippen molar-refractivity contribution < 1.29 is 18.6 Å². The molecule has 3 heterocycles. The summed E-state index contributed by atoms with van der Waals surface area (Å²) in [5, 5.41) is 5.30. The molecule has 1 aromatic carbocycles. The van der Waals surface area contributed by atoms with Crippen LogP contribution in [0.4, 0.5) is 16.3 Å². The molecule has 34 heavy (non-hydrogen) atoms. The van der Waals surface area contributed by atoms with Crippen molar-refractivity contribution in [3.05, 3.63) is 35.5 Å². The van der Waals surface area contributed by atoms with Gasteiger partial charge in [-0.05, 0) is 64.8 Å². The zero-order chi connectivity index (χ0) is 24.3. The van der Waals surface area contributed by atoms with Gasteiger partial charge in [-0.1, -0.05) is 0 Å². The van der Waals surface area contributed by atoms with E-state index in [-0.39, 0.29) is 18.1 Å². The van der Waals surface area contributed by atoms with Gasteiger partial charge in [0.05, 0.1) is 34.9 Å². The molecule has 0 bridgehead atoms. The zero-order valence-electron chi connectivity index (χ0n) is 20.0. The van der Waals surface area contributed by atoms with E-state index in [4.69, 9.17) is 14.7 Å². The van der Waals surface area contributed by atoms with Crippen molar-refractivity contribution in [2.45, 2.75) is 62.6 Å². The normalized spacial score (nSPS) is 26.0. The SMILES string of the molecule is CC1COCCN1c1nc(-c2ccc(NC(=O)NC3CC3)cc2)nc2c1C(C)S(O)(O)C2(C)C. The van der Waals surface area contributed by atoms with Crippen LogP contribution < -0.4 is 15.5 Å². The minimum atomic E-state index is -2.98. The van der Waals surface area contributed by atoms with Crippen LogP contribution in [-0.4, -0.2) is 56.9 Å². The molecule has 2 amide bonds. The van der Waals surface area contributed by atoms with Gasteiger partial charge in [0.15, 0.2) is 5.82 Å². The zero-order valence-corrected chi connectivity index (χ0v) is 20.9. The number of benzene rings is 1. The molecule has 3 aliphatic rings. The molecule has 2 unspecified atom stereocenters. The quantitative estimate of drug-likeness (QED) is 0.493. The van der Waals surface area contributed by atoms with Crippen LogP contribution in [0.3, 0.4) is 0 Å². The van der Waals surface area contributed by atoms with E-state index in [0.29, 0.717) is 37.0 Å². The molecule has 1 saturated heterocycles. The summed E-state index contributed by atoms with van der Waals surface area (Å²) in [6.45, 7) is 9.49. The van der Waals surface area contributed by atoms with Crippen molar-refractivity contribution in [2.24, 2.45) is 0 Å². The van der Waals surface area contributed by atoms with E-state index in [0.717, 1.165) is 29.8 Å². The summed E-state index contributed by atoms with van der Waals surface area (Å²) >= 11 is 0. The third kappa shape index (κ3) is 3.92. The lowest BCUT2D eigenvalue weighted by molar-refractivity contribution is 0.0984. The molecule has 2 atom stereocenters. The van der Waals surface area contributed by atoms with E-state index < -0.39 is 20.6 Å². The Bertz CT molecular complexity index is 1100. The van der Waals surface area contributed by atoms with E-state index in [1.54, 1.807) is 0 Å². The van der Waals surface area contributed by atoms with Crippen LogP contribution in [0.1, 0.15) is 57.0 Å². The number of urea groups is 1. The molecule has 1 saturated carbocycles. The van der Waals surface area contributed by atoms with Gasteiger partial charge in [-0.3, -0.25) is 9.11 Å². The third-order valence-electron chi connectivity index (χ3n) is 7.10. The molecule has 1 aliphatic carbocycles. The van der Waals surface area contributed by atoms with E-state index in [9.17, 15) is 13.9 Å². The van der Waals surface area contributed by atoms with E-state index >= 15 is 0 Å². The predicted octanol–water partition coefficient (Wildman–Crippen LogP) is 4.71. The van der Waals surface area contributed by atoms with Crippen molar-refractivity contribution in [3.8, 4) is 11.4 Å². The van der Waals surface area contributed by atoms with E-state index in [1.165, 1.54) is 0 Å². The highest BCUT2D eigenvalue weighted by atomic mass is 32.3. The molecule has 10 heteroatoms. The van der Waals surface area contributed by atoms with Crippen LogP contribution in [-0.2, 0) is 9.48 Å². The fourth-order valence-electron chi connectivity index (χ4n) is 4.71. The van der Waals surface area contributed by atoms with Crippen molar-refractivity contribution in [2.75, 3.05) is 30.0 Å². The first kappa shape index (κ1) is 23.3. The second kappa shape index (κ2) is 8.37. The Balaban J connectivity index is 1.53. The molecule has 5 rings (SSSR count). The first-order valence-corrected chi connectivity index (χ1v) is 13.4.